The van der Waals surface area contributed by atoms with Crippen LogP contribution in [-0.2, 0) is 0 Å². The molecule has 0 fully saturated rings. The number of carbonyl (C=O) groups is 1. The molecule has 0 bridgehead atoms. The number of nitrogens with one attached hydrogen (secondary N) is 2. The number of rotatable bonds is 3. The van der Waals surface area contributed by atoms with E-state index in [-0.39, 0.29) is 11.6 Å². The second-order valence-corrected chi connectivity index (χ2v) is 3.35. The number of hydrazone groups is 1. The SMILES string of the molecule is CNC(=O)c1cccc(NN=C(C#N)C#N)c1C. The highest BCUT2D eigenvalue weighted by molar-refractivity contribution is 6.10. The van der Waals surface area contributed by atoms with Crippen molar-refractivity contribution < 1.29 is 4.79 Å². The molecule has 1 rings (SSSR count). The Balaban J connectivity index is 3.07. The van der Waals surface area contributed by atoms with Gasteiger partial charge in [0.1, 0.15) is 12.1 Å². The third-order valence-corrected chi connectivity index (χ3v) is 2.31. The number of hydrogen-bond acceptors (Lipinski definition) is 5. The van der Waals surface area contributed by atoms with E-state index < -0.39 is 0 Å². The second-order valence-electron chi connectivity index (χ2n) is 3.35. The van der Waals surface area contributed by atoms with Crippen molar-refractivity contribution in [1.29, 1.82) is 10.5 Å². The van der Waals surface area contributed by atoms with E-state index in [1.807, 2.05) is 0 Å². The minimum Gasteiger partial charge on any atom is -0.355 e. The Kier molecular flexibility index (Phi) is 4.42. The van der Waals surface area contributed by atoms with Crippen LogP contribution < -0.4 is 10.7 Å². The number of anilines is 1. The summed E-state index contributed by atoms with van der Waals surface area (Å²) in [6.07, 6.45) is 0. The van der Waals surface area contributed by atoms with Crippen LogP contribution in [0, 0.1) is 29.6 Å². The third kappa shape index (κ3) is 2.83. The molecule has 1 amide bonds. The van der Waals surface area contributed by atoms with E-state index in [1.54, 1.807) is 44.3 Å². The molecule has 2 N–H and O–H groups in total. The first kappa shape index (κ1) is 13.2. The van der Waals surface area contributed by atoms with E-state index in [9.17, 15) is 4.79 Å². The van der Waals surface area contributed by atoms with Crippen LogP contribution in [0.4, 0.5) is 5.69 Å². The Bertz CT molecular complexity index is 561. The lowest BCUT2D eigenvalue weighted by Gasteiger charge is -2.09. The Morgan fingerprint density at radius 3 is 2.56 bits per heavy atom. The van der Waals surface area contributed by atoms with Crippen molar-refractivity contribution in [2.45, 2.75) is 6.92 Å². The van der Waals surface area contributed by atoms with Crippen molar-refractivity contribution in [3.8, 4) is 12.1 Å². The van der Waals surface area contributed by atoms with Gasteiger partial charge < -0.3 is 5.32 Å². The van der Waals surface area contributed by atoms with Crippen molar-refractivity contribution in [1.82, 2.24) is 5.32 Å². The second kappa shape index (κ2) is 6.02. The minimum absolute atomic E-state index is 0.207. The lowest BCUT2D eigenvalue weighted by Crippen LogP contribution is -2.19. The molecule has 18 heavy (non-hydrogen) atoms. The molecule has 1 aromatic rings. The standard InChI is InChI=1S/C12H11N5O/c1-8-10(12(18)15-2)4-3-5-11(8)17-16-9(6-13)7-14/h3-5,17H,1-2H3,(H,15,18). The van der Waals surface area contributed by atoms with Gasteiger partial charge in [-0.2, -0.15) is 15.6 Å². The molecule has 0 radical (unpaired) electrons. The van der Waals surface area contributed by atoms with Crippen LogP contribution >= 0.6 is 0 Å². The van der Waals surface area contributed by atoms with Crippen LogP contribution in [0.3, 0.4) is 0 Å². The molecule has 6 heteroatoms. The summed E-state index contributed by atoms with van der Waals surface area (Å²) in [6.45, 7) is 1.75. The van der Waals surface area contributed by atoms with Gasteiger partial charge in [-0.1, -0.05) is 6.07 Å². The minimum atomic E-state index is -0.278. The van der Waals surface area contributed by atoms with Crippen LogP contribution in [0.5, 0.6) is 0 Å². The summed E-state index contributed by atoms with van der Waals surface area (Å²) in [5.41, 5.74) is 4.09. The van der Waals surface area contributed by atoms with Gasteiger partial charge >= 0.3 is 0 Å². The summed E-state index contributed by atoms with van der Waals surface area (Å²) in [7, 11) is 1.55. The van der Waals surface area contributed by atoms with Crippen molar-refractivity contribution >= 4 is 17.3 Å². The average Bonchev–Trinajstić information content (AvgIpc) is 2.40. The summed E-state index contributed by atoms with van der Waals surface area (Å²) in [4.78, 5) is 11.6. The largest absolute Gasteiger partial charge is 0.355 e. The Morgan fingerprint density at radius 1 is 1.33 bits per heavy atom. The average molecular weight is 241 g/mol. The highest BCUT2D eigenvalue weighted by Crippen LogP contribution is 2.18. The zero-order valence-corrected chi connectivity index (χ0v) is 9.98. The van der Waals surface area contributed by atoms with Gasteiger partial charge in [0.25, 0.3) is 5.91 Å². The van der Waals surface area contributed by atoms with Gasteiger partial charge in [0.15, 0.2) is 0 Å². The molecule has 6 nitrogen and oxygen atoms in total. The Labute approximate surface area is 105 Å². The maximum atomic E-state index is 11.6. The molecule has 0 aliphatic rings. The summed E-state index contributed by atoms with van der Waals surface area (Å²) in [6, 6.07) is 8.35. The molecule has 0 aliphatic heterocycles. The number of nitrogens with zero attached hydrogens (tertiary/aromatic N) is 3. The molecule has 0 spiro atoms. The quantitative estimate of drug-likeness (QED) is 0.612. The van der Waals surface area contributed by atoms with Gasteiger partial charge in [0, 0.05) is 12.6 Å². The van der Waals surface area contributed by atoms with Gasteiger partial charge in [0.2, 0.25) is 5.71 Å². The van der Waals surface area contributed by atoms with Crippen LogP contribution in [0.1, 0.15) is 15.9 Å². The smallest absolute Gasteiger partial charge is 0.251 e. The van der Waals surface area contributed by atoms with Crippen LogP contribution in [-0.4, -0.2) is 18.7 Å². The molecule has 0 aromatic heterocycles. The molecule has 90 valence electrons. The molecular weight excluding hydrogens is 230 g/mol. The number of carbonyl (C=O) groups excluding carboxylic acids is 1. The van der Waals surface area contributed by atoms with Crippen LogP contribution in [0.15, 0.2) is 23.3 Å². The van der Waals surface area contributed by atoms with E-state index in [1.165, 1.54) is 0 Å². The fourth-order valence-electron chi connectivity index (χ4n) is 1.33. The summed E-state index contributed by atoms with van der Waals surface area (Å²) in [5.74, 6) is -0.207. The van der Waals surface area contributed by atoms with E-state index in [0.29, 0.717) is 16.8 Å². The molecule has 0 heterocycles. The van der Waals surface area contributed by atoms with Crippen molar-refractivity contribution in [3.05, 3.63) is 29.3 Å². The normalized spacial score (nSPS) is 8.67. The number of benzene rings is 1. The topological polar surface area (TPSA) is 101 Å². The Hall–Kier alpha value is -2.86. The fraction of sp³-hybridized carbons (Fsp3) is 0.167. The predicted octanol–water partition coefficient (Wildman–Crippen LogP) is 1.17. The van der Waals surface area contributed by atoms with Gasteiger partial charge in [-0.25, -0.2) is 0 Å². The zero-order valence-electron chi connectivity index (χ0n) is 9.98. The number of hydrogen-bond donors (Lipinski definition) is 2. The highest BCUT2D eigenvalue weighted by atomic mass is 16.1. The first-order chi connectivity index (χ1) is 8.63. The number of nitriles is 2. The van der Waals surface area contributed by atoms with E-state index in [4.69, 9.17) is 10.5 Å². The third-order valence-electron chi connectivity index (χ3n) is 2.31. The van der Waals surface area contributed by atoms with E-state index in [2.05, 4.69) is 15.8 Å². The Morgan fingerprint density at radius 2 is 2.00 bits per heavy atom. The maximum Gasteiger partial charge on any atom is 0.251 e. The highest BCUT2D eigenvalue weighted by Gasteiger charge is 2.09. The predicted molar refractivity (Wildman–Crippen MR) is 66.9 cm³/mol. The molecule has 0 atom stereocenters. The summed E-state index contributed by atoms with van der Waals surface area (Å²) < 4.78 is 0. The van der Waals surface area contributed by atoms with Crippen molar-refractivity contribution in [2.75, 3.05) is 12.5 Å². The molecule has 1 aromatic carbocycles. The fourth-order valence-corrected chi connectivity index (χ4v) is 1.33. The zero-order chi connectivity index (χ0) is 13.5. The van der Waals surface area contributed by atoms with Gasteiger partial charge in [0.05, 0.1) is 5.69 Å². The maximum absolute atomic E-state index is 11.6. The molecular formula is C12H11N5O. The molecule has 0 unspecified atom stereocenters. The first-order valence-electron chi connectivity index (χ1n) is 5.09. The molecule has 0 saturated heterocycles. The molecule has 0 aliphatic carbocycles. The van der Waals surface area contributed by atoms with Gasteiger partial charge in [-0.3, -0.25) is 10.2 Å². The van der Waals surface area contributed by atoms with E-state index >= 15 is 0 Å². The van der Waals surface area contributed by atoms with Crippen molar-refractivity contribution in [2.24, 2.45) is 5.10 Å². The lowest BCUT2D eigenvalue weighted by atomic mass is 10.1. The first-order valence-corrected chi connectivity index (χ1v) is 5.09. The number of amides is 1. The van der Waals surface area contributed by atoms with Crippen molar-refractivity contribution in [3.63, 3.8) is 0 Å². The summed E-state index contributed by atoms with van der Waals surface area (Å²) >= 11 is 0. The van der Waals surface area contributed by atoms with Gasteiger partial charge in [-0.15, -0.1) is 0 Å². The monoisotopic (exact) mass is 241 g/mol. The lowest BCUT2D eigenvalue weighted by molar-refractivity contribution is 0.0962. The van der Waals surface area contributed by atoms with Gasteiger partial charge in [-0.05, 0) is 24.6 Å². The van der Waals surface area contributed by atoms with Crippen LogP contribution in [0.25, 0.3) is 0 Å². The molecule has 0 saturated carbocycles. The van der Waals surface area contributed by atoms with E-state index in [0.717, 1.165) is 0 Å². The summed E-state index contributed by atoms with van der Waals surface area (Å²) in [5, 5.41) is 23.3. The van der Waals surface area contributed by atoms with Crippen LogP contribution in [0.2, 0.25) is 0 Å².